The molecule has 0 saturated heterocycles. The lowest BCUT2D eigenvalue weighted by Gasteiger charge is -2.15. The molecular weight excluding hydrogens is 230 g/mol. The van der Waals surface area contributed by atoms with E-state index in [1.807, 2.05) is 24.3 Å². The summed E-state index contributed by atoms with van der Waals surface area (Å²) in [6.45, 7) is 2.69. The smallest absolute Gasteiger partial charge is 0.124 e. The Bertz CT molecular complexity index is 453. The van der Waals surface area contributed by atoms with Crippen molar-refractivity contribution in [3.8, 4) is 5.75 Å². The molecule has 0 unspecified atom stereocenters. The SMILES string of the molecule is CC[C@H](N)c1ccccc1OCc1ccsc1. The first-order valence-corrected chi connectivity index (χ1v) is 6.74. The van der Waals surface area contributed by atoms with Crippen molar-refractivity contribution in [1.82, 2.24) is 0 Å². The van der Waals surface area contributed by atoms with E-state index in [4.69, 9.17) is 10.5 Å². The second kappa shape index (κ2) is 5.84. The van der Waals surface area contributed by atoms with Crippen molar-refractivity contribution in [3.63, 3.8) is 0 Å². The second-order valence-electron chi connectivity index (χ2n) is 3.97. The van der Waals surface area contributed by atoms with Crippen molar-refractivity contribution in [2.75, 3.05) is 0 Å². The molecule has 0 saturated carbocycles. The molecule has 0 aliphatic heterocycles. The molecule has 1 atom stereocenters. The first-order valence-electron chi connectivity index (χ1n) is 5.79. The number of ether oxygens (including phenoxy) is 1. The van der Waals surface area contributed by atoms with Gasteiger partial charge in [-0.15, -0.1) is 0 Å². The van der Waals surface area contributed by atoms with Gasteiger partial charge in [0.2, 0.25) is 0 Å². The predicted molar refractivity (Wildman–Crippen MR) is 72.3 cm³/mol. The molecule has 0 spiro atoms. The van der Waals surface area contributed by atoms with E-state index >= 15 is 0 Å². The number of hydrogen-bond acceptors (Lipinski definition) is 3. The molecular formula is C14H17NOS. The number of rotatable bonds is 5. The number of nitrogens with two attached hydrogens (primary N) is 1. The van der Waals surface area contributed by atoms with E-state index in [0.29, 0.717) is 6.61 Å². The van der Waals surface area contributed by atoms with E-state index in [1.165, 1.54) is 5.56 Å². The zero-order valence-corrected chi connectivity index (χ0v) is 10.7. The molecule has 3 heteroatoms. The molecule has 1 aromatic carbocycles. The number of benzene rings is 1. The van der Waals surface area contributed by atoms with Gasteiger partial charge in [0.05, 0.1) is 0 Å². The van der Waals surface area contributed by atoms with Crippen LogP contribution in [0.3, 0.4) is 0 Å². The summed E-state index contributed by atoms with van der Waals surface area (Å²) in [6, 6.07) is 10.1. The summed E-state index contributed by atoms with van der Waals surface area (Å²) < 4.78 is 5.83. The van der Waals surface area contributed by atoms with Crippen LogP contribution >= 0.6 is 11.3 Å². The number of para-hydroxylation sites is 1. The van der Waals surface area contributed by atoms with Crippen LogP contribution in [0.25, 0.3) is 0 Å². The molecule has 2 nitrogen and oxygen atoms in total. The summed E-state index contributed by atoms with van der Waals surface area (Å²) in [7, 11) is 0. The van der Waals surface area contributed by atoms with E-state index in [2.05, 4.69) is 23.8 Å². The minimum absolute atomic E-state index is 0.0497. The molecule has 2 aromatic rings. The highest BCUT2D eigenvalue weighted by Crippen LogP contribution is 2.26. The normalized spacial score (nSPS) is 12.4. The molecule has 1 heterocycles. The fourth-order valence-corrected chi connectivity index (χ4v) is 2.33. The van der Waals surface area contributed by atoms with Crippen LogP contribution in [0.4, 0.5) is 0 Å². The van der Waals surface area contributed by atoms with Gasteiger partial charge in [0.15, 0.2) is 0 Å². The van der Waals surface area contributed by atoms with Gasteiger partial charge in [0, 0.05) is 11.6 Å². The van der Waals surface area contributed by atoms with E-state index in [0.717, 1.165) is 17.7 Å². The molecule has 0 radical (unpaired) electrons. The van der Waals surface area contributed by atoms with E-state index in [-0.39, 0.29) is 6.04 Å². The highest BCUT2D eigenvalue weighted by molar-refractivity contribution is 7.07. The molecule has 0 aliphatic carbocycles. The van der Waals surface area contributed by atoms with Crippen LogP contribution in [0.5, 0.6) is 5.75 Å². The van der Waals surface area contributed by atoms with Gasteiger partial charge in [-0.3, -0.25) is 0 Å². The van der Waals surface area contributed by atoms with Gasteiger partial charge < -0.3 is 10.5 Å². The zero-order chi connectivity index (χ0) is 12.1. The van der Waals surface area contributed by atoms with Crippen LogP contribution in [0, 0.1) is 0 Å². The van der Waals surface area contributed by atoms with E-state index in [1.54, 1.807) is 11.3 Å². The van der Waals surface area contributed by atoms with Gasteiger partial charge in [-0.2, -0.15) is 11.3 Å². The van der Waals surface area contributed by atoms with Crippen LogP contribution in [0.15, 0.2) is 41.1 Å². The predicted octanol–water partition coefficient (Wildman–Crippen LogP) is 3.74. The average molecular weight is 247 g/mol. The van der Waals surface area contributed by atoms with Gasteiger partial charge in [-0.1, -0.05) is 25.1 Å². The van der Waals surface area contributed by atoms with Crippen LogP contribution in [0.1, 0.15) is 30.5 Å². The summed E-state index contributed by atoms with van der Waals surface area (Å²) in [6.07, 6.45) is 0.916. The zero-order valence-electron chi connectivity index (χ0n) is 9.93. The largest absolute Gasteiger partial charge is 0.489 e. The highest BCUT2D eigenvalue weighted by Gasteiger charge is 2.09. The fraction of sp³-hybridized carbons (Fsp3) is 0.286. The minimum atomic E-state index is 0.0497. The van der Waals surface area contributed by atoms with Gasteiger partial charge in [0.25, 0.3) is 0 Å². The van der Waals surface area contributed by atoms with E-state index in [9.17, 15) is 0 Å². The molecule has 0 fully saturated rings. The van der Waals surface area contributed by atoms with Gasteiger partial charge >= 0.3 is 0 Å². The molecule has 0 bridgehead atoms. The van der Waals surface area contributed by atoms with Crippen molar-refractivity contribution in [3.05, 3.63) is 52.2 Å². The molecule has 90 valence electrons. The van der Waals surface area contributed by atoms with Crippen LogP contribution < -0.4 is 10.5 Å². The van der Waals surface area contributed by atoms with Crippen LogP contribution in [0.2, 0.25) is 0 Å². The lowest BCUT2D eigenvalue weighted by molar-refractivity contribution is 0.301. The van der Waals surface area contributed by atoms with Gasteiger partial charge in [0.1, 0.15) is 12.4 Å². The lowest BCUT2D eigenvalue weighted by atomic mass is 10.0. The van der Waals surface area contributed by atoms with Gasteiger partial charge in [-0.25, -0.2) is 0 Å². The third-order valence-corrected chi connectivity index (χ3v) is 3.46. The van der Waals surface area contributed by atoms with Crippen LogP contribution in [-0.4, -0.2) is 0 Å². The summed E-state index contributed by atoms with van der Waals surface area (Å²) in [5, 5.41) is 4.16. The monoisotopic (exact) mass is 247 g/mol. The third kappa shape index (κ3) is 3.08. The Kier molecular flexibility index (Phi) is 4.18. The topological polar surface area (TPSA) is 35.2 Å². The maximum Gasteiger partial charge on any atom is 0.124 e. The first kappa shape index (κ1) is 12.1. The highest BCUT2D eigenvalue weighted by atomic mass is 32.1. The van der Waals surface area contributed by atoms with E-state index < -0.39 is 0 Å². The third-order valence-electron chi connectivity index (χ3n) is 2.73. The van der Waals surface area contributed by atoms with Crippen LogP contribution in [-0.2, 0) is 6.61 Å². The molecule has 0 amide bonds. The molecule has 0 aliphatic rings. The van der Waals surface area contributed by atoms with Crippen molar-refractivity contribution >= 4 is 11.3 Å². The summed E-state index contributed by atoms with van der Waals surface area (Å²) in [5.41, 5.74) is 8.36. The summed E-state index contributed by atoms with van der Waals surface area (Å²) in [5.74, 6) is 0.896. The van der Waals surface area contributed by atoms with Crippen molar-refractivity contribution < 1.29 is 4.74 Å². The molecule has 2 rings (SSSR count). The molecule has 17 heavy (non-hydrogen) atoms. The number of hydrogen-bond donors (Lipinski definition) is 1. The Morgan fingerprint density at radius 3 is 2.82 bits per heavy atom. The number of thiophene rings is 1. The maximum atomic E-state index is 6.07. The Morgan fingerprint density at radius 1 is 1.29 bits per heavy atom. The van der Waals surface area contributed by atoms with Crippen molar-refractivity contribution in [1.29, 1.82) is 0 Å². The summed E-state index contributed by atoms with van der Waals surface area (Å²) in [4.78, 5) is 0. The standard InChI is InChI=1S/C14H17NOS/c1-2-13(15)12-5-3-4-6-14(12)16-9-11-7-8-17-10-11/h3-8,10,13H,2,9,15H2,1H3/t13-/m0/s1. The fourth-order valence-electron chi connectivity index (χ4n) is 1.67. The van der Waals surface area contributed by atoms with Crippen molar-refractivity contribution in [2.24, 2.45) is 5.73 Å². The second-order valence-corrected chi connectivity index (χ2v) is 4.75. The maximum absolute atomic E-state index is 6.07. The Morgan fingerprint density at radius 2 is 2.12 bits per heavy atom. The molecule has 1 aromatic heterocycles. The Labute approximate surface area is 106 Å². The summed E-state index contributed by atoms with van der Waals surface area (Å²) >= 11 is 1.69. The average Bonchev–Trinajstić information content (AvgIpc) is 2.89. The quantitative estimate of drug-likeness (QED) is 0.873. The van der Waals surface area contributed by atoms with Crippen molar-refractivity contribution in [2.45, 2.75) is 26.0 Å². The lowest BCUT2D eigenvalue weighted by Crippen LogP contribution is -2.10. The Hall–Kier alpha value is -1.32. The first-order chi connectivity index (χ1) is 8.31. The molecule has 2 N–H and O–H groups in total. The minimum Gasteiger partial charge on any atom is -0.489 e. The van der Waals surface area contributed by atoms with Gasteiger partial charge in [-0.05, 0) is 34.9 Å². The Balaban J connectivity index is 2.09.